The summed E-state index contributed by atoms with van der Waals surface area (Å²) in [5.74, 6) is 0.513. The lowest BCUT2D eigenvalue weighted by atomic mass is 9.98. The minimum Gasteiger partial charge on any atom is -0.483 e. The van der Waals surface area contributed by atoms with E-state index >= 15 is 0 Å². The summed E-state index contributed by atoms with van der Waals surface area (Å²) in [6, 6.07) is 0.0195. The normalized spacial score (nSPS) is 23.8. The number of likely N-dealkylation sites (tertiary alicyclic amines) is 1. The number of rotatable bonds is 4. The summed E-state index contributed by atoms with van der Waals surface area (Å²) in [6.07, 6.45) is 4.93. The molecule has 1 amide bonds. The molecule has 2 heterocycles. The lowest BCUT2D eigenvalue weighted by molar-refractivity contribution is -0.125. The number of carboxylic acid groups (broad SMARTS) is 1. The number of carbonyl (C=O) groups excluding carboxylic acids is 1. The van der Waals surface area contributed by atoms with Crippen LogP contribution in [0.15, 0.2) is 0 Å². The molecule has 0 spiro atoms. The van der Waals surface area contributed by atoms with E-state index in [1.165, 1.54) is 10.6 Å². The highest BCUT2D eigenvalue weighted by atomic mass is 32.2. The Labute approximate surface area is 137 Å². The molecule has 2 N–H and O–H groups in total. The van der Waals surface area contributed by atoms with Crippen molar-refractivity contribution in [1.82, 2.24) is 14.5 Å². The number of hydrogen-bond donors (Lipinski definition) is 2. The lowest BCUT2D eigenvalue weighted by Crippen LogP contribution is -2.45. The Morgan fingerprint density at radius 3 is 2.26 bits per heavy atom. The van der Waals surface area contributed by atoms with Crippen LogP contribution in [0.25, 0.3) is 0 Å². The van der Waals surface area contributed by atoms with Gasteiger partial charge in [0.05, 0.1) is 12.3 Å². The number of amides is 1. The quantitative estimate of drug-likeness (QED) is 0.667. The SMILES string of the molecule is CN1CCC[C@H]1C(=O)NCC1CCN(S(C)(=O)=O)CC1.O=CO. The van der Waals surface area contributed by atoms with Crippen LogP contribution in [0.4, 0.5) is 0 Å². The molecular weight excluding hydrogens is 322 g/mol. The third kappa shape index (κ3) is 6.44. The molecular formula is C14H27N3O5S. The first-order valence-electron chi connectivity index (χ1n) is 7.80. The van der Waals surface area contributed by atoms with Gasteiger partial charge in [-0.3, -0.25) is 14.5 Å². The number of sulfonamides is 1. The van der Waals surface area contributed by atoms with Gasteiger partial charge in [-0.2, -0.15) is 0 Å². The van der Waals surface area contributed by atoms with Gasteiger partial charge >= 0.3 is 0 Å². The third-order valence-corrected chi connectivity index (χ3v) is 5.73. The minimum atomic E-state index is -3.06. The molecule has 8 nitrogen and oxygen atoms in total. The van der Waals surface area contributed by atoms with E-state index in [1.807, 2.05) is 7.05 Å². The Hall–Kier alpha value is -1.19. The third-order valence-electron chi connectivity index (χ3n) is 4.43. The summed E-state index contributed by atoms with van der Waals surface area (Å²) in [5, 5.41) is 9.92. The largest absolute Gasteiger partial charge is 0.483 e. The Morgan fingerprint density at radius 1 is 1.26 bits per heavy atom. The Bertz CT molecular complexity index is 489. The Balaban J connectivity index is 0.000000816. The van der Waals surface area contributed by atoms with E-state index in [0.29, 0.717) is 25.6 Å². The maximum Gasteiger partial charge on any atom is 0.290 e. The van der Waals surface area contributed by atoms with E-state index in [1.54, 1.807) is 0 Å². The fourth-order valence-corrected chi connectivity index (χ4v) is 3.92. The van der Waals surface area contributed by atoms with Crippen LogP contribution in [0.1, 0.15) is 25.7 Å². The molecule has 0 radical (unpaired) electrons. The molecule has 2 saturated heterocycles. The molecule has 0 saturated carbocycles. The van der Waals surface area contributed by atoms with Gasteiger partial charge in [0.25, 0.3) is 6.47 Å². The monoisotopic (exact) mass is 349 g/mol. The molecule has 2 fully saturated rings. The molecule has 134 valence electrons. The average molecular weight is 349 g/mol. The second-order valence-electron chi connectivity index (χ2n) is 6.09. The molecule has 0 bridgehead atoms. The first kappa shape index (κ1) is 19.9. The van der Waals surface area contributed by atoms with Crippen molar-refractivity contribution >= 4 is 22.4 Å². The van der Waals surface area contributed by atoms with Gasteiger partial charge in [0.1, 0.15) is 0 Å². The predicted octanol–water partition coefficient (Wildman–Crippen LogP) is -0.431. The number of hydrogen-bond acceptors (Lipinski definition) is 5. The summed E-state index contributed by atoms with van der Waals surface area (Å²) in [4.78, 5) is 22.5. The first-order valence-corrected chi connectivity index (χ1v) is 9.65. The molecule has 0 aromatic carbocycles. The molecule has 23 heavy (non-hydrogen) atoms. The van der Waals surface area contributed by atoms with Gasteiger partial charge in [-0.05, 0) is 45.2 Å². The van der Waals surface area contributed by atoms with Crippen LogP contribution >= 0.6 is 0 Å². The van der Waals surface area contributed by atoms with Crippen LogP contribution in [0.3, 0.4) is 0 Å². The zero-order chi connectivity index (χ0) is 17.5. The van der Waals surface area contributed by atoms with Gasteiger partial charge in [-0.1, -0.05) is 0 Å². The number of nitrogens with zero attached hydrogens (tertiary/aromatic N) is 2. The number of nitrogens with one attached hydrogen (secondary N) is 1. The second kappa shape index (κ2) is 9.19. The van der Waals surface area contributed by atoms with Crippen LogP contribution in [0, 0.1) is 5.92 Å². The molecule has 0 unspecified atom stereocenters. The van der Waals surface area contributed by atoms with Crippen LogP contribution in [0.5, 0.6) is 0 Å². The van der Waals surface area contributed by atoms with Crippen molar-refractivity contribution in [2.75, 3.05) is 39.5 Å². The molecule has 0 aromatic heterocycles. The summed E-state index contributed by atoms with van der Waals surface area (Å²) in [7, 11) is -1.07. The van der Waals surface area contributed by atoms with Crippen LogP contribution in [-0.2, 0) is 19.6 Å². The minimum absolute atomic E-state index is 0.0195. The molecule has 0 aromatic rings. The van der Waals surface area contributed by atoms with Gasteiger partial charge < -0.3 is 10.4 Å². The highest BCUT2D eigenvalue weighted by molar-refractivity contribution is 7.88. The van der Waals surface area contributed by atoms with Gasteiger partial charge in [0.15, 0.2) is 0 Å². The Kier molecular flexibility index (Phi) is 7.93. The summed E-state index contributed by atoms with van der Waals surface area (Å²) in [6.45, 7) is 2.55. The highest BCUT2D eigenvalue weighted by Gasteiger charge is 2.29. The van der Waals surface area contributed by atoms with Gasteiger partial charge in [0, 0.05) is 19.6 Å². The van der Waals surface area contributed by atoms with Crippen LogP contribution in [-0.4, -0.2) is 80.6 Å². The molecule has 2 aliphatic rings. The predicted molar refractivity (Wildman–Crippen MR) is 86.5 cm³/mol. The van der Waals surface area contributed by atoms with E-state index in [-0.39, 0.29) is 18.4 Å². The van der Waals surface area contributed by atoms with Crippen molar-refractivity contribution in [3.63, 3.8) is 0 Å². The molecule has 2 rings (SSSR count). The zero-order valence-corrected chi connectivity index (χ0v) is 14.6. The van der Waals surface area contributed by atoms with E-state index in [2.05, 4.69) is 10.2 Å². The van der Waals surface area contributed by atoms with Gasteiger partial charge in [0.2, 0.25) is 15.9 Å². The van der Waals surface area contributed by atoms with E-state index in [0.717, 1.165) is 32.2 Å². The molecule has 2 aliphatic heterocycles. The van der Waals surface area contributed by atoms with Crippen molar-refractivity contribution in [1.29, 1.82) is 0 Å². The summed E-state index contributed by atoms with van der Waals surface area (Å²) >= 11 is 0. The van der Waals surface area contributed by atoms with Crippen LogP contribution in [0.2, 0.25) is 0 Å². The number of piperidine rings is 1. The fraction of sp³-hybridized carbons (Fsp3) is 0.857. The standard InChI is InChI=1S/C13H25N3O3S.CH2O2/c1-15-7-3-4-12(15)13(17)14-10-11-5-8-16(9-6-11)20(2,18)19;2-1-3/h11-12H,3-10H2,1-2H3,(H,14,17);1H,(H,2,3)/t12-;/m0./s1. The highest BCUT2D eigenvalue weighted by Crippen LogP contribution is 2.19. The van der Waals surface area contributed by atoms with Crippen molar-refractivity contribution in [2.24, 2.45) is 5.92 Å². The van der Waals surface area contributed by atoms with Crippen LogP contribution < -0.4 is 5.32 Å². The van der Waals surface area contributed by atoms with E-state index < -0.39 is 10.0 Å². The molecule has 9 heteroatoms. The topological polar surface area (TPSA) is 107 Å². The fourth-order valence-electron chi connectivity index (χ4n) is 3.05. The van der Waals surface area contributed by atoms with Crippen molar-refractivity contribution < 1.29 is 23.1 Å². The number of likely N-dealkylation sites (N-methyl/N-ethyl adjacent to an activating group) is 1. The van der Waals surface area contributed by atoms with Gasteiger partial charge in [-0.25, -0.2) is 12.7 Å². The molecule has 1 atom stereocenters. The maximum atomic E-state index is 12.1. The van der Waals surface area contributed by atoms with E-state index in [9.17, 15) is 13.2 Å². The smallest absolute Gasteiger partial charge is 0.290 e. The van der Waals surface area contributed by atoms with Crippen molar-refractivity contribution in [2.45, 2.75) is 31.7 Å². The summed E-state index contributed by atoms with van der Waals surface area (Å²) < 4.78 is 24.4. The second-order valence-corrected chi connectivity index (χ2v) is 8.08. The molecule has 0 aliphatic carbocycles. The average Bonchev–Trinajstić information content (AvgIpc) is 2.91. The Morgan fingerprint density at radius 2 is 1.83 bits per heavy atom. The summed E-state index contributed by atoms with van der Waals surface area (Å²) in [5.41, 5.74) is 0. The zero-order valence-electron chi connectivity index (χ0n) is 13.8. The van der Waals surface area contributed by atoms with Crippen molar-refractivity contribution in [3.8, 4) is 0 Å². The maximum absolute atomic E-state index is 12.1. The van der Waals surface area contributed by atoms with Gasteiger partial charge in [-0.15, -0.1) is 0 Å². The van der Waals surface area contributed by atoms with Crippen molar-refractivity contribution in [3.05, 3.63) is 0 Å². The first-order chi connectivity index (χ1) is 10.8. The lowest BCUT2D eigenvalue weighted by Gasteiger charge is -2.30. The number of carbonyl (C=O) groups is 2. The van der Waals surface area contributed by atoms with E-state index in [4.69, 9.17) is 9.90 Å².